The molecule has 0 fully saturated rings. The van der Waals surface area contributed by atoms with Crippen LogP contribution in [0.3, 0.4) is 0 Å². The van der Waals surface area contributed by atoms with Crippen LogP contribution in [0.25, 0.3) is 0 Å². The minimum Gasteiger partial charge on any atom is -0.462 e. The topological polar surface area (TPSA) is 46.5 Å². The van der Waals surface area contributed by atoms with E-state index in [1.54, 1.807) is 24.3 Å². The van der Waals surface area contributed by atoms with E-state index in [0.29, 0.717) is 5.56 Å². The zero-order valence-corrected chi connectivity index (χ0v) is 11.8. The number of ether oxygens (including phenoxy) is 1. The zero-order chi connectivity index (χ0) is 15.7. The maximum atomic E-state index is 13.7. The second-order valence-corrected chi connectivity index (χ2v) is 4.47. The largest absolute Gasteiger partial charge is 0.462 e. The Labute approximate surface area is 122 Å². The van der Waals surface area contributed by atoms with Crippen LogP contribution in [-0.2, 0) is 9.53 Å². The van der Waals surface area contributed by atoms with Crippen LogP contribution in [0.4, 0.5) is 8.78 Å². The zero-order valence-electron chi connectivity index (χ0n) is 11.8. The SMILES string of the molecule is CCOC(=O)C(F)(F)CC(C#Cc1ccccc1)CCO. The molecular formula is C16H18F2O3. The molecule has 0 amide bonds. The number of hydrogen-bond acceptors (Lipinski definition) is 3. The second kappa shape index (κ2) is 8.38. The van der Waals surface area contributed by atoms with Gasteiger partial charge in [0.1, 0.15) is 0 Å². The van der Waals surface area contributed by atoms with Gasteiger partial charge in [-0.25, -0.2) is 4.79 Å². The summed E-state index contributed by atoms with van der Waals surface area (Å²) in [7, 11) is 0. The van der Waals surface area contributed by atoms with Gasteiger partial charge in [-0.05, 0) is 25.5 Å². The van der Waals surface area contributed by atoms with Crippen molar-refractivity contribution in [2.24, 2.45) is 5.92 Å². The van der Waals surface area contributed by atoms with E-state index in [0.717, 1.165) is 0 Å². The normalized spacial score (nSPS) is 12.2. The van der Waals surface area contributed by atoms with Crippen LogP contribution >= 0.6 is 0 Å². The van der Waals surface area contributed by atoms with E-state index in [1.165, 1.54) is 6.92 Å². The first kappa shape index (κ1) is 17.1. The summed E-state index contributed by atoms with van der Waals surface area (Å²) in [5, 5.41) is 8.94. The molecule has 1 rings (SSSR count). The van der Waals surface area contributed by atoms with Gasteiger partial charge in [-0.1, -0.05) is 30.0 Å². The quantitative estimate of drug-likeness (QED) is 0.648. The highest BCUT2D eigenvalue weighted by Crippen LogP contribution is 2.26. The van der Waals surface area contributed by atoms with Gasteiger partial charge in [0.15, 0.2) is 0 Å². The first-order chi connectivity index (χ1) is 9.99. The number of carbonyl (C=O) groups excluding carboxylic acids is 1. The van der Waals surface area contributed by atoms with Crippen LogP contribution in [0, 0.1) is 17.8 Å². The van der Waals surface area contributed by atoms with Crippen LogP contribution < -0.4 is 0 Å². The summed E-state index contributed by atoms with van der Waals surface area (Å²) in [6.07, 6.45) is -0.680. The number of carbonyl (C=O) groups is 1. The van der Waals surface area contributed by atoms with Gasteiger partial charge < -0.3 is 9.84 Å². The third-order valence-corrected chi connectivity index (χ3v) is 2.75. The van der Waals surface area contributed by atoms with Crippen molar-refractivity contribution in [2.45, 2.75) is 25.7 Å². The monoisotopic (exact) mass is 296 g/mol. The lowest BCUT2D eigenvalue weighted by Gasteiger charge is -2.17. The molecule has 0 aliphatic rings. The van der Waals surface area contributed by atoms with Gasteiger partial charge in [-0.15, -0.1) is 0 Å². The van der Waals surface area contributed by atoms with Crippen molar-refractivity contribution in [1.82, 2.24) is 0 Å². The molecule has 3 nitrogen and oxygen atoms in total. The Hall–Kier alpha value is -1.93. The smallest absolute Gasteiger partial charge is 0.377 e. The Morgan fingerprint density at radius 3 is 2.62 bits per heavy atom. The van der Waals surface area contributed by atoms with Crippen molar-refractivity contribution >= 4 is 5.97 Å². The first-order valence-electron chi connectivity index (χ1n) is 6.72. The highest BCUT2D eigenvalue weighted by Gasteiger charge is 2.42. The van der Waals surface area contributed by atoms with E-state index in [4.69, 9.17) is 5.11 Å². The molecular weight excluding hydrogens is 278 g/mol. The molecule has 0 heterocycles. The summed E-state index contributed by atoms with van der Waals surface area (Å²) in [4.78, 5) is 11.2. The van der Waals surface area contributed by atoms with Gasteiger partial charge in [0.2, 0.25) is 0 Å². The van der Waals surface area contributed by atoms with Crippen LogP contribution in [0.2, 0.25) is 0 Å². The lowest BCUT2D eigenvalue weighted by molar-refractivity contribution is -0.173. The molecule has 0 radical (unpaired) electrons. The average molecular weight is 296 g/mol. The lowest BCUT2D eigenvalue weighted by Crippen LogP contribution is -2.33. The molecule has 0 spiro atoms. The van der Waals surface area contributed by atoms with E-state index in [1.807, 2.05) is 6.07 Å². The van der Waals surface area contributed by atoms with Crippen molar-refractivity contribution in [3.8, 4) is 11.8 Å². The first-order valence-corrected chi connectivity index (χ1v) is 6.72. The molecule has 1 aromatic carbocycles. The number of rotatable bonds is 6. The molecule has 0 aliphatic carbocycles. The van der Waals surface area contributed by atoms with Gasteiger partial charge in [-0.2, -0.15) is 8.78 Å². The second-order valence-electron chi connectivity index (χ2n) is 4.47. The van der Waals surface area contributed by atoms with Crippen LogP contribution in [0.1, 0.15) is 25.3 Å². The van der Waals surface area contributed by atoms with Crippen LogP contribution in [0.15, 0.2) is 30.3 Å². The number of aliphatic hydroxyl groups is 1. The summed E-state index contributed by atoms with van der Waals surface area (Å²) < 4.78 is 31.7. The molecule has 0 bridgehead atoms. The molecule has 1 atom stereocenters. The maximum Gasteiger partial charge on any atom is 0.377 e. The third-order valence-electron chi connectivity index (χ3n) is 2.75. The Balaban J connectivity index is 2.78. The molecule has 0 aliphatic heterocycles. The molecule has 1 unspecified atom stereocenters. The predicted octanol–water partition coefficient (Wildman–Crippen LogP) is 2.63. The van der Waals surface area contributed by atoms with Crippen molar-refractivity contribution in [3.05, 3.63) is 35.9 Å². The Bertz CT molecular complexity index is 503. The predicted molar refractivity (Wildman–Crippen MR) is 74.7 cm³/mol. The van der Waals surface area contributed by atoms with Gasteiger partial charge in [0.05, 0.1) is 6.61 Å². The third kappa shape index (κ3) is 5.92. The molecule has 0 aromatic heterocycles. The standard InChI is InChI=1S/C16H18F2O3/c1-2-21-15(20)16(17,18)12-14(10-11-19)9-8-13-6-4-3-5-7-13/h3-7,14,19H,2,10-12H2,1H3. The molecule has 5 heteroatoms. The van der Waals surface area contributed by atoms with E-state index in [9.17, 15) is 13.6 Å². The van der Waals surface area contributed by atoms with E-state index in [-0.39, 0.29) is 19.6 Å². The molecule has 1 N–H and O–H groups in total. The summed E-state index contributed by atoms with van der Waals surface area (Å²) in [5.74, 6) is -0.457. The van der Waals surface area contributed by atoms with Crippen LogP contribution in [0.5, 0.6) is 0 Å². The summed E-state index contributed by atoms with van der Waals surface area (Å²) in [6, 6.07) is 8.92. The molecule has 0 saturated heterocycles. The van der Waals surface area contributed by atoms with Crippen molar-refractivity contribution in [2.75, 3.05) is 13.2 Å². The highest BCUT2D eigenvalue weighted by atomic mass is 19.3. The minimum absolute atomic E-state index is 0.0782. The summed E-state index contributed by atoms with van der Waals surface area (Å²) in [5.41, 5.74) is 0.694. The van der Waals surface area contributed by atoms with E-state index < -0.39 is 24.2 Å². The molecule has 114 valence electrons. The minimum atomic E-state index is -3.60. The number of alkyl halides is 2. The van der Waals surface area contributed by atoms with Crippen molar-refractivity contribution in [3.63, 3.8) is 0 Å². The van der Waals surface area contributed by atoms with E-state index >= 15 is 0 Å². The van der Waals surface area contributed by atoms with E-state index in [2.05, 4.69) is 16.6 Å². The van der Waals surface area contributed by atoms with Crippen molar-refractivity contribution < 1.29 is 23.4 Å². The average Bonchev–Trinajstić information content (AvgIpc) is 2.46. The van der Waals surface area contributed by atoms with Gasteiger partial charge in [-0.3, -0.25) is 0 Å². The fourth-order valence-electron chi connectivity index (χ4n) is 1.72. The number of benzene rings is 1. The fourth-order valence-corrected chi connectivity index (χ4v) is 1.72. The maximum absolute atomic E-state index is 13.7. The highest BCUT2D eigenvalue weighted by molar-refractivity contribution is 5.77. The van der Waals surface area contributed by atoms with Crippen molar-refractivity contribution in [1.29, 1.82) is 0 Å². The number of aliphatic hydroxyl groups excluding tert-OH is 1. The number of halogens is 2. The number of esters is 1. The van der Waals surface area contributed by atoms with Gasteiger partial charge in [0.25, 0.3) is 0 Å². The van der Waals surface area contributed by atoms with Gasteiger partial charge >= 0.3 is 11.9 Å². The molecule has 21 heavy (non-hydrogen) atoms. The Morgan fingerprint density at radius 1 is 1.38 bits per heavy atom. The van der Waals surface area contributed by atoms with Gasteiger partial charge in [0, 0.05) is 24.5 Å². The Morgan fingerprint density at radius 2 is 2.05 bits per heavy atom. The molecule has 0 saturated carbocycles. The summed E-state index contributed by atoms with van der Waals surface area (Å²) >= 11 is 0. The fraction of sp³-hybridized carbons (Fsp3) is 0.438. The lowest BCUT2D eigenvalue weighted by atomic mass is 9.97. The number of hydrogen-bond donors (Lipinski definition) is 1. The molecule has 1 aromatic rings. The Kier molecular flexibility index (Phi) is 6.83. The summed E-state index contributed by atoms with van der Waals surface area (Å²) in [6.45, 7) is 1.09. The van der Waals surface area contributed by atoms with Crippen LogP contribution in [-0.4, -0.2) is 30.2 Å².